The van der Waals surface area contributed by atoms with Crippen LogP contribution in [0.5, 0.6) is 0 Å². The Hall–Kier alpha value is -2.89. The Kier molecular flexibility index (Phi) is 4.72. The average Bonchev–Trinajstić information content (AvgIpc) is 3.65. The van der Waals surface area contributed by atoms with Crippen LogP contribution in [0.3, 0.4) is 0 Å². The molecule has 30 heavy (non-hydrogen) atoms. The zero-order valence-electron chi connectivity index (χ0n) is 17.6. The highest BCUT2D eigenvalue weighted by Gasteiger charge is 2.38. The molecule has 1 atom stereocenters. The van der Waals surface area contributed by atoms with Gasteiger partial charge in [0.05, 0.1) is 17.1 Å². The Labute approximate surface area is 177 Å². The van der Waals surface area contributed by atoms with Crippen molar-refractivity contribution < 1.29 is 4.79 Å². The van der Waals surface area contributed by atoms with E-state index < -0.39 is 0 Å². The number of nitrogens with zero attached hydrogens (tertiary/aromatic N) is 4. The lowest BCUT2D eigenvalue weighted by Gasteiger charge is -2.41. The number of piperazine rings is 1. The first-order valence-corrected chi connectivity index (χ1v) is 11.0. The van der Waals surface area contributed by atoms with E-state index in [1.165, 1.54) is 12.8 Å². The SMILES string of the molecule is C=Cc1cc(-c2cc(N)c(N3CCN(C(=O)C4CC4)[C@H](C)C3)nc2C2CC2)ccn1. The highest BCUT2D eigenvalue weighted by atomic mass is 16.2. The number of pyridine rings is 2. The third kappa shape index (κ3) is 3.55. The molecule has 0 radical (unpaired) electrons. The van der Waals surface area contributed by atoms with Crippen molar-refractivity contribution in [3.05, 3.63) is 42.4 Å². The van der Waals surface area contributed by atoms with Crippen molar-refractivity contribution in [2.24, 2.45) is 5.92 Å². The van der Waals surface area contributed by atoms with E-state index in [0.29, 0.717) is 17.5 Å². The normalized spacial score (nSPS) is 21.6. The van der Waals surface area contributed by atoms with Gasteiger partial charge in [-0.2, -0.15) is 0 Å². The van der Waals surface area contributed by atoms with Gasteiger partial charge in [0.2, 0.25) is 5.91 Å². The van der Waals surface area contributed by atoms with E-state index in [0.717, 1.165) is 60.8 Å². The molecule has 6 nitrogen and oxygen atoms in total. The Morgan fingerprint density at radius 2 is 2.03 bits per heavy atom. The summed E-state index contributed by atoms with van der Waals surface area (Å²) in [6.07, 6.45) is 8.01. The molecule has 2 aliphatic carbocycles. The van der Waals surface area contributed by atoms with Gasteiger partial charge in [-0.3, -0.25) is 9.78 Å². The summed E-state index contributed by atoms with van der Waals surface area (Å²) in [5, 5.41) is 0. The van der Waals surface area contributed by atoms with Crippen LogP contribution in [0, 0.1) is 5.92 Å². The fourth-order valence-electron chi connectivity index (χ4n) is 4.46. The van der Waals surface area contributed by atoms with Crippen LogP contribution in [0.4, 0.5) is 11.5 Å². The van der Waals surface area contributed by atoms with Gasteiger partial charge in [0, 0.05) is 49.3 Å². The minimum Gasteiger partial charge on any atom is -0.396 e. The molecule has 2 N–H and O–H groups in total. The number of anilines is 2. The Morgan fingerprint density at radius 3 is 2.70 bits per heavy atom. The Morgan fingerprint density at radius 1 is 1.23 bits per heavy atom. The van der Waals surface area contributed by atoms with Crippen LogP contribution in [0.1, 0.15) is 49.9 Å². The summed E-state index contributed by atoms with van der Waals surface area (Å²) in [7, 11) is 0. The van der Waals surface area contributed by atoms with Crippen LogP contribution in [0.2, 0.25) is 0 Å². The third-order valence-electron chi connectivity index (χ3n) is 6.46. The summed E-state index contributed by atoms with van der Waals surface area (Å²) in [6, 6.07) is 6.30. The van der Waals surface area contributed by atoms with E-state index in [1.54, 1.807) is 6.08 Å². The third-order valence-corrected chi connectivity index (χ3v) is 6.46. The van der Waals surface area contributed by atoms with Crippen LogP contribution in [0.15, 0.2) is 31.0 Å². The maximum atomic E-state index is 12.5. The minimum absolute atomic E-state index is 0.174. The largest absolute Gasteiger partial charge is 0.396 e. The van der Waals surface area contributed by atoms with Crippen molar-refractivity contribution in [2.75, 3.05) is 30.3 Å². The lowest BCUT2D eigenvalue weighted by molar-refractivity contribution is -0.134. The van der Waals surface area contributed by atoms with Crippen molar-refractivity contribution in [1.82, 2.24) is 14.9 Å². The fourth-order valence-corrected chi connectivity index (χ4v) is 4.46. The fraction of sp³-hybridized carbons (Fsp3) is 0.458. The first-order valence-electron chi connectivity index (χ1n) is 11.0. The van der Waals surface area contributed by atoms with Crippen molar-refractivity contribution in [3.63, 3.8) is 0 Å². The summed E-state index contributed by atoms with van der Waals surface area (Å²) < 4.78 is 0. The molecule has 1 saturated heterocycles. The number of nitrogens with two attached hydrogens (primary N) is 1. The molecule has 0 bridgehead atoms. The molecule has 1 aliphatic heterocycles. The monoisotopic (exact) mass is 403 g/mol. The molecule has 0 spiro atoms. The highest BCUT2D eigenvalue weighted by Crippen LogP contribution is 2.45. The van der Waals surface area contributed by atoms with Crippen LogP contribution in [-0.2, 0) is 4.79 Å². The van der Waals surface area contributed by atoms with Gasteiger partial charge in [-0.15, -0.1) is 0 Å². The van der Waals surface area contributed by atoms with E-state index in [1.807, 2.05) is 23.2 Å². The van der Waals surface area contributed by atoms with Gasteiger partial charge in [-0.25, -0.2) is 4.98 Å². The van der Waals surface area contributed by atoms with Gasteiger partial charge in [0.25, 0.3) is 0 Å². The maximum absolute atomic E-state index is 12.5. The number of amides is 1. The lowest BCUT2D eigenvalue weighted by atomic mass is 10.0. The van der Waals surface area contributed by atoms with E-state index in [-0.39, 0.29) is 12.0 Å². The summed E-state index contributed by atoms with van der Waals surface area (Å²) in [4.78, 5) is 26.3. The Balaban J connectivity index is 1.44. The van der Waals surface area contributed by atoms with Gasteiger partial charge in [-0.1, -0.05) is 6.58 Å². The molecule has 0 aromatic carbocycles. The summed E-state index contributed by atoms with van der Waals surface area (Å²) in [5.74, 6) is 1.95. The molecule has 6 heteroatoms. The van der Waals surface area contributed by atoms with Gasteiger partial charge in [-0.05, 0) is 62.4 Å². The van der Waals surface area contributed by atoms with Gasteiger partial charge >= 0.3 is 0 Å². The molecular weight excluding hydrogens is 374 g/mol. The van der Waals surface area contributed by atoms with Crippen LogP contribution >= 0.6 is 0 Å². The first-order chi connectivity index (χ1) is 14.5. The highest BCUT2D eigenvalue weighted by molar-refractivity contribution is 5.82. The lowest BCUT2D eigenvalue weighted by Crippen LogP contribution is -2.54. The number of hydrogen-bond donors (Lipinski definition) is 1. The van der Waals surface area contributed by atoms with Crippen molar-refractivity contribution in [1.29, 1.82) is 0 Å². The summed E-state index contributed by atoms with van der Waals surface area (Å²) in [6.45, 7) is 8.25. The van der Waals surface area contributed by atoms with E-state index in [4.69, 9.17) is 10.7 Å². The maximum Gasteiger partial charge on any atom is 0.226 e. The number of rotatable bonds is 5. The second-order valence-electron chi connectivity index (χ2n) is 8.88. The molecular formula is C24H29N5O. The quantitative estimate of drug-likeness (QED) is 0.824. The Bertz CT molecular complexity index is 995. The predicted octanol–water partition coefficient (Wildman–Crippen LogP) is 3.69. The summed E-state index contributed by atoms with van der Waals surface area (Å²) in [5.41, 5.74) is 11.4. The smallest absolute Gasteiger partial charge is 0.226 e. The molecule has 156 valence electrons. The van der Waals surface area contributed by atoms with Crippen LogP contribution < -0.4 is 10.6 Å². The van der Waals surface area contributed by atoms with E-state index in [9.17, 15) is 4.79 Å². The van der Waals surface area contributed by atoms with Crippen molar-refractivity contribution >= 4 is 23.5 Å². The molecule has 3 fully saturated rings. The van der Waals surface area contributed by atoms with E-state index in [2.05, 4.69) is 29.5 Å². The molecule has 3 aliphatic rings. The standard InChI is InChI=1S/C24H29N5O/c1-3-19-12-18(8-9-26-19)20-13-21(25)23(27-22(20)16-4-5-16)28-10-11-29(15(2)14-28)24(30)17-6-7-17/h3,8-9,12-13,15-17H,1,4-7,10-11,14,25H2,2H3/t15-/m1/s1. The molecule has 0 unspecified atom stereocenters. The number of aromatic nitrogens is 2. The van der Waals surface area contributed by atoms with E-state index >= 15 is 0 Å². The number of nitrogen functional groups attached to an aromatic ring is 1. The number of hydrogen-bond acceptors (Lipinski definition) is 5. The molecule has 3 heterocycles. The number of carbonyl (C=O) groups is 1. The topological polar surface area (TPSA) is 75.3 Å². The molecule has 1 amide bonds. The predicted molar refractivity (Wildman–Crippen MR) is 120 cm³/mol. The van der Waals surface area contributed by atoms with Gasteiger partial charge < -0.3 is 15.5 Å². The molecule has 2 aromatic rings. The van der Waals surface area contributed by atoms with Gasteiger partial charge in [0.15, 0.2) is 5.82 Å². The molecule has 2 aromatic heterocycles. The average molecular weight is 404 g/mol. The minimum atomic E-state index is 0.174. The van der Waals surface area contributed by atoms with Crippen LogP contribution in [0.25, 0.3) is 17.2 Å². The van der Waals surface area contributed by atoms with Crippen molar-refractivity contribution in [3.8, 4) is 11.1 Å². The first kappa shape index (κ1) is 19.1. The second kappa shape index (κ2) is 7.42. The second-order valence-corrected chi connectivity index (χ2v) is 8.88. The van der Waals surface area contributed by atoms with Crippen molar-refractivity contribution in [2.45, 2.75) is 44.6 Å². The number of carbonyl (C=O) groups excluding carboxylic acids is 1. The van der Waals surface area contributed by atoms with Crippen LogP contribution in [-0.4, -0.2) is 46.5 Å². The molecule has 2 saturated carbocycles. The van der Waals surface area contributed by atoms with Gasteiger partial charge in [0.1, 0.15) is 0 Å². The molecule has 5 rings (SSSR count). The zero-order chi connectivity index (χ0) is 20.8. The summed E-state index contributed by atoms with van der Waals surface area (Å²) >= 11 is 0. The zero-order valence-corrected chi connectivity index (χ0v) is 17.6.